The summed E-state index contributed by atoms with van der Waals surface area (Å²) in [4.78, 5) is 10.8. The molecule has 4 heteroatoms. The lowest BCUT2D eigenvalue weighted by Crippen LogP contribution is -2.35. The summed E-state index contributed by atoms with van der Waals surface area (Å²) in [7, 11) is 1.63. The van der Waals surface area contributed by atoms with E-state index in [1.54, 1.807) is 7.05 Å². The van der Waals surface area contributed by atoms with Gasteiger partial charge in [0.15, 0.2) is 0 Å². The van der Waals surface area contributed by atoms with Crippen LogP contribution < -0.4 is 10.1 Å². The standard InChI is InChI=1S/C13H19NO3/c1-9-6-10(2)8-11(7-9)17-5-4-12(14-3)13(15)16/h6-8,12,14H,4-5H2,1-3H3,(H,15,16). The molecule has 94 valence electrons. The summed E-state index contributed by atoms with van der Waals surface area (Å²) in [5.41, 5.74) is 2.28. The number of carbonyl (C=O) groups is 1. The van der Waals surface area contributed by atoms with Crippen LogP contribution in [0.2, 0.25) is 0 Å². The van der Waals surface area contributed by atoms with Crippen molar-refractivity contribution in [2.24, 2.45) is 0 Å². The van der Waals surface area contributed by atoms with Gasteiger partial charge in [-0.1, -0.05) is 6.07 Å². The minimum Gasteiger partial charge on any atom is -0.494 e. The third-order valence-electron chi connectivity index (χ3n) is 2.52. The molecular formula is C13H19NO3. The van der Waals surface area contributed by atoms with E-state index in [-0.39, 0.29) is 0 Å². The number of carboxylic acids is 1. The van der Waals surface area contributed by atoms with Crippen LogP contribution in [0, 0.1) is 13.8 Å². The first-order chi connectivity index (χ1) is 8.02. The number of rotatable bonds is 6. The molecule has 0 bridgehead atoms. The Bertz CT molecular complexity index is 370. The first-order valence-electron chi connectivity index (χ1n) is 5.64. The smallest absolute Gasteiger partial charge is 0.320 e. The molecule has 4 nitrogen and oxygen atoms in total. The number of hydrogen-bond donors (Lipinski definition) is 2. The average molecular weight is 237 g/mol. The second-order valence-corrected chi connectivity index (χ2v) is 4.14. The topological polar surface area (TPSA) is 58.6 Å². The highest BCUT2D eigenvalue weighted by Gasteiger charge is 2.14. The first kappa shape index (κ1) is 13.5. The molecule has 0 aliphatic carbocycles. The van der Waals surface area contributed by atoms with Crippen molar-refractivity contribution in [3.05, 3.63) is 29.3 Å². The maximum Gasteiger partial charge on any atom is 0.320 e. The molecule has 2 N–H and O–H groups in total. The van der Waals surface area contributed by atoms with Gasteiger partial charge in [-0.25, -0.2) is 0 Å². The molecular weight excluding hydrogens is 218 g/mol. The third kappa shape index (κ3) is 4.44. The van der Waals surface area contributed by atoms with Gasteiger partial charge < -0.3 is 15.2 Å². The van der Waals surface area contributed by atoms with Gasteiger partial charge in [0.2, 0.25) is 0 Å². The highest BCUT2D eigenvalue weighted by atomic mass is 16.5. The van der Waals surface area contributed by atoms with Crippen molar-refractivity contribution in [3.8, 4) is 5.75 Å². The van der Waals surface area contributed by atoms with Crippen molar-refractivity contribution in [1.82, 2.24) is 5.32 Å². The van der Waals surface area contributed by atoms with Crippen LogP contribution in [0.1, 0.15) is 17.5 Å². The normalized spacial score (nSPS) is 12.2. The Morgan fingerprint density at radius 2 is 1.94 bits per heavy atom. The number of hydrogen-bond acceptors (Lipinski definition) is 3. The van der Waals surface area contributed by atoms with Crippen molar-refractivity contribution in [3.63, 3.8) is 0 Å². The summed E-state index contributed by atoms with van der Waals surface area (Å²) in [5.74, 6) is -0.0562. The second kappa shape index (κ2) is 6.25. The Morgan fingerprint density at radius 3 is 2.41 bits per heavy atom. The molecule has 0 aliphatic rings. The lowest BCUT2D eigenvalue weighted by Gasteiger charge is -2.12. The van der Waals surface area contributed by atoms with Crippen LogP contribution in [0.15, 0.2) is 18.2 Å². The number of aryl methyl sites for hydroxylation is 2. The number of carboxylic acid groups (broad SMARTS) is 1. The van der Waals surface area contributed by atoms with E-state index in [9.17, 15) is 4.79 Å². The average Bonchev–Trinajstić information content (AvgIpc) is 2.22. The number of aliphatic carboxylic acids is 1. The Morgan fingerprint density at radius 1 is 1.35 bits per heavy atom. The van der Waals surface area contributed by atoms with Gasteiger partial charge in [-0.2, -0.15) is 0 Å². The van der Waals surface area contributed by atoms with Crippen LogP contribution in [-0.2, 0) is 4.79 Å². The van der Waals surface area contributed by atoms with E-state index in [1.807, 2.05) is 26.0 Å². The Hall–Kier alpha value is -1.55. The SMILES string of the molecule is CNC(CCOc1cc(C)cc(C)c1)C(=O)O. The number of likely N-dealkylation sites (N-methyl/N-ethyl adjacent to an activating group) is 1. The highest BCUT2D eigenvalue weighted by Crippen LogP contribution is 2.16. The van der Waals surface area contributed by atoms with E-state index < -0.39 is 12.0 Å². The van der Waals surface area contributed by atoms with Gasteiger partial charge >= 0.3 is 5.97 Å². The molecule has 0 amide bonds. The van der Waals surface area contributed by atoms with Crippen molar-refractivity contribution in [2.75, 3.05) is 13.7 Å². The van der Waals surface area contributed by atoms with E-state index in [2.05, 4.69) is 11.4 Å². The third-order valence-corrected chi connectivity index (χ3v) is 2.52. The van der Waals surface area contributed by atoms with Crippen molar-refractivity contribution in [2.45, 2.75) is 26.3 Å². The molecule has 0 saturated carbocycles. The predicted molar refractivity (Wildman–Crippen MR) is 66.5 cm³/mol. The van der Waals surface area contributed by atoms with Crippen LogP contribution in [0.5, 0.6) is 5.75 Å². The van der Waals surface area contributed by atoms with Gasteiger partial charge in [0, 0.05) is 6.42 Å². The Balaban J connectivity index is 2.47. The molecule has 17 heavy (non-hydrogen) atoms. The van der Waals surface area contributed by atoms with E-state index in [1.165, 1.54) is 0 Å². The van der Waals surface area contributed by atoms with Gasteiger partial charge in [-0.05, 0) is 44.2 Å². The zero-order valence-corrected chi connectivity index (χ0v) is 10.5. The van der Waals surface area contributed by atoms with E-state index in [0.717, 1.165) is 16.9 Å². The molecule has 0 aliphatic heterocycles. The maximum atomic E-state index is 10.8. The van der Waals surface area contributed by atoms with Crippen LogP contribution in [0.3, 0.4) is 0 Å². The largest absolute Gasteiger partial charge is 0.494 e. The molecule has 0 heterocycles. The molecule has 1 aromatic carbocycles. The molecule has 1 atom stereocenters. The Kier molecular flexibility index (Phi) is 4.97. The van der Waals surface area contributed by atoms with Gasteiger partial charge in [-0.15, -0.1) is 0 Å². The lowest BCUT2D eigenvalue weighted by atomic mass is 10.1. The molecule has 0 spiro atoms. The minimum absolute atomic E-state index is 0.390. The minimum atomic E-state index is -0.850. The zero-order valence-electron chi connectivity index (χ0n) is 10.5. The van der Waals surface area contributed by atoms with Gasteiger partial charge in [0.1, 0.15) is 11.8 Å². The summed E-state index contributed by atoms with van der Waals surface area (Å²) in [6.07, 6.45) is 0.443. The molecule has 1 rings (SSSR count). The van der Waals surface area contributed by atoms with Crippen LogP contribution >= 0.6 is 0 Å². The van der Waals surface area contributed by atoms with E-state index >= 15 is 0 Å². The number of benzene rings is 1. The monoisotopic (exact) mass is 237 g/mol. The fourth-order valence-electron chi connectivity index (χ4n) is 1.70. The Labute approximate surface area is 102 Å². The lowest BCUT2D eigenvalue weighted by molar-refractivity contribution is -0.139. The zero-order chi connectivity index (χ0) is 12.8. The molecule has 1 unspecified atom stereocenters. The van der Waals surface area contributed by atoms with E-state index in [4.69, 9.17) is 9.84 Å². The fourth-order valence-corrected chi connectivity index (χ4v) is 1.70. The van der Waals surface area contributed by atoms with Crippen LogP contribution in [0.4, 0.5) is 0 Å². The predicted octanol–water partition coefficient (Wildman–Crippen LogP) is 1.74. The number of nitrogens with one attached hydrogen (secondary N) is 1. The molecule has 0 aromatic heterocycles. The van der Waals surface area contributed by atoms with Gasteiger partial charge in [0.05, 0.1) is 6.61 Å². The van der Waals surface area contributed by atoms with Gasteiger partial charge in [-0.3, -0.25) is 4.79 Å². The summed E-state index contributed by atoms with van der Waals surface area (Å²) in [6, 6.07) is 5.41. The van der Waals surface area contributed by atoms with Crippen molar-refractivity contribution >= 4 is 5.97 Å². The number of ether oxygens (including phenoxy) is 1. The highest BCUT2D eigenvalue weighted by molar-refractivity contribution is 5.73. The molecule has 0 radical (unpaired) electrons. The maximum absolute atomic E-state index is 10.8. The van der Waals surface area contributed by atoms with Gasteiger partial charge in [0.25, 0.3) is 0 Å². The second-order valence-electron chi connectivity index (χ2n) is 4.14. The molecule has 0 fully saturated rings. The van der Waals surface area contributed by atoms with E-state index in [0.29, 0.717) is 13.0 Å². The fraction of sp³-hybridized carbons (Fsp3) is 0.462. The summed E-state index contributed by atoms with van der Waals surface area (Å²) < 4.78 is 5.55. The molecule has 1 aromatic rings. The summed E-state index contributed by atoms with van der Waals surface area (Å²) in [6.45, 7) is 4.40. The summed E-state index contributed by atoms with van der Waals surface area (Å²) in [5, 5.41) is 11.6. The van der Waals surface area contributed by atoms with Crippen molar-refractivity contribution < 1.29 is 14.6 Å². The van der Waals surface area contributed by atoms with Crippen molar-refractivity contribution in [1.29, 1.82) is 0 Å². The quantitative estimate of drug-likeness (QED) is 0.791. The van der Waals surface area contributed by atoms with Crippen LogP contribution in [0.25, 0.3) is 0 Å². The first-order valence-corrected chi connectivity index (χ1v) is 5.64. The summed E-state index contributed by atoms with van der Waals surface area (Å²) >= 11 is 0. The molecule has 0 saturated heterocycles. The van der Waals surface area contributed by atoms with Crippen LogP contribution in [-0.4, -0.2) is 30.8 Å².